The molecule has 3 fully saturated rings. The van der Waals surface area contributed by atoms with Crippen molar-refractivity contribution in [1.29, 1.82) is 0 Å². The molecule has 3 saturated heterocycles. The highest BCUT2D eigenvalue weighted by Crippen LogP contribution is 2.21. The second-order valence-electron chi connectivity index (χ2n) is 7.40. The fourth-order valence-corrected chi connectivity index (χ4v) is 4.08. The van der Waals surface area contributed by atoms with Gasteiger partial charge in [-0.1, -0.05) is 0 Å². The number of carbonyl (C=O) groups excluding carboxylic acids is 4. The highest BCUT2D eigenvalue weighted by molar-refractivity contribution is 6.35. The third kappa shape index (κ3) is 3.99. The number of nitrogens with zero attached hydrogens (tertiary/aromatic N) is 4. The zero-order chi connectivity index (χ0) is 18.7. The van der Waals surface area contributed by atoms with Gasteiger partial charge < -0.3 is 19.6 Å². The molecule has 8 nitrogen and oxygen atoms in total. The topological polar surface area (TPSA) is 81.2 Å². The molecule has 3 aliphatic rings. The number of likely N-dealkylation sites (N-methyl/N-ethyl adjacent to an activating group) is 1. The van der Waals surface area contributed by atoms with Gasteiger partial charge in [0.2, 0.25) is 11.8 Å². The lowest BCUT2D eigenvalue weighted by Crippen LogP contribution is -2.57. The average molecular weight is 364 g/mol. The van der Waals surface area contributed by atoms with Crippen molar-refractivity contribution in [3.8, 4) is 0 Å². The predicted molar refractivity (Wildman–Crippen MR) is 94.0 cm³/mol. The second-order valence-corrected chi connectivity index (χ2v) is 7.40. The van der Waals surface area contributed by atoms with Gasteiger partial charge in [-0.2, -0.15) is 0 Å². The van der Waals surface area contributed by atoms with Crippen LogP contribution in [0.2, 0.25) is 0 Å². The van der Waals surface area contributed by atoms with E-state index in [0.29, 0.717) is 45.1 Å². The van der Waals surface area contributed by atoms with Gasteiger partial charge in [-0.15, -0.1) is 0 Å². The highest BCUT2D eigenvalue weighted by Gasteiger charge is 2.34. The molecule has 0 radical (unpaired) electrons. The van der Waals surface area contributed by atoms with Crippen molar-refractivity contribution in [2.75, 3.05) is 52.4 Å². The van der Waals surface area contributed by atoms with E-state index in [0.717, 1.165) is 32.4 Å². The molecule has 144 valence electrons. The van der Waals surface area contributed by atoms with Crippen LogP contribution in [0, 0.1) is 5.92 Å². The number of rotatable bonds is 5. The van der Waals surface area contributed by atoms with Gasteiger partial charge in [0.05, 0.1) is 0 Å². The third-order valence-electron chi connectivity index (χ3n) is 5.63. The van der Waals surface area contributed by atoms with Crippen molar-refractivity contribution in [3.63, 3.8) is 0 Å². The normalized spacial score (nSPS) is 24.7. The van der Waals surface area contributed by atoms with E-state index in [-0.39, 0.29) is 18.4 Å². The summed E-state index contributed by atoms with van der Waals surface area (Å²) in [5.41, 5.74) is 0. The van der Waals surface area contributed by atoms with Crippen LogP contribution in [0.1, 0.15) is 32.6 Å². The average Bonchev–Trinajstić information content (AvgIpc) is 3.04. The molecule has 26 heavy (non-hydrogen) atoms. The number of amides is 4. The first-order valence-corrected chi connectivity index (χ1v) is 9.63. The van der Waals surface area contributed by atoms with Crippen molar-refractivity contribution in [2.45, 2.75) is 32.6 Å². The van der Waals surface area contributed by atoms with Crippen LogP contribution in [0.4, 0.5) is 0 Å². The minimum absolute atomic E-state index is 0.0303. The minimum atomic E-state index is -0.581. The van der Waals surface area contributed by atoms with E-state index in [9.17, 15) is 19.2 Å². The van der Waals surface area contributed by atoms with E-state index in [4.69, 9.17) is 0 Å². The molecule has 0 aliphatic carbocycles. The summed E-state index contributed by atoms with van der Waals surface area (Å²) in [5.74, 6) is -0.692. The van der Waals surface area contributed by atoms with Crippen molar-refractivity contribution in [3.05, 3.63) is 0 Å². The maximum atomic E-state index is 12.6. The molecular weight excluding hydrogens is 336 g/mol. The van der Waals surface area contributed by atoms with Crippen LogP contribution in [-0.2, 0) is 19.2 Å². The first-order chi connectivity index (χ1) is 12.5. The number of hydrogen-bond donors (Lipinski definition) is 0. The summed E-state index contributed by atoms with van der Waals surface area (Å²) >= 11 is 0. The van der Waals surface area contributed by atoms with E-state index in [1.54, 1.807) is 4.90 Å². The fraction of sp³-hybridized carbons (Fsp3) is 0.778. The molecule has 0 aromatic carbocycles. The van der Waals surface area contributed by atoms with Gasteiger partial charge in [0.15, 0.2) is 0 Å². The predicted octanol–water partition coefficient (Wildman–Crippen LogP) is -0.462. The van der Waals surface area contributed by atoms with Crippen molar-refractivity contribution < 1.29 is 19.2 Å². The quantitative estimate of drug-likeness (QED) is 0.618. The number of carbonyl (C=O) groups is 4. The van der Waals surface area contributed by atoms with Crippen LogP contribution in [0.5, 0.6) is 0 Å². The van der Waals surface area contributed by atoms with Gasteiger partial charge in [0.25, 0.3) is 0 Å². The molecular formula is C18H28N4O4. The summed E-state index contributed by atoms with van der Waals surface area (Å²) in [6, 6.07) is 0. The van der Waals surface area contributed by atoms with Crippen molar-refractivity contribution >= 4 is 23.6 Å². The molecule has 4 amide bonds. The third-order valence-corrected chi connectivity index (χ3v) is 5.63. The van der Waals surface area contributed by atoms with Gasteiger partial charge in [-0.25, -0.2) is 0 Å². The molecule has 0 saturated carbocycles. The van der Waals surface area contributed by atoms with Gasteiger partial charge in [-0.3, -0.25) is 19.2 Å². The molecule has 1 unspecified atom stereocenters. The van der Waals surface area contributed by atoms with Crippen LogP contribution < -0.4 is 0 Å². The monoisotopic (exact) mass is 364 g/mol. The Kier molecular flexibility index (Phi) is 5.78. The lowest BCUT2D eigenvalue weighted by Gasteiger charge is -2.37. The summed E-state index contributed by atoms with van der Waals surface area (Å²) in [6.07, 6.45) is 3.48. The summed E-state index contributed by atoms with van der Waals surface area (Å²) in [5, 5.41) is 0. The Morgan fingerprint density at radius 3 is 2.38 bits per heavy atom. The van der Waals surface area contributed by atoms with E-state index in [2.05, 4.69) is 0 Å². The Bertz CT molecular complexity index is 594. The van der Waals surface area contributed by atoms with Crippen LogP contribution in [0.15, 0.2) is 0 Å². The zero-order valence-corrected chi connectivity index (χ0v) is 15.5. The molecule has 0 N–H and O–H groups in total. The molecule has 0 aromatic rings. The largest absolute Gasteiger partial charge is 0.342 e. The number of piperazine rings is 1. The summed E-state index contributed by atoms with van der Waals surface area (Å²) < 4.78 is 0. The molecule has 8 heteroatoms. The minimum Gasteiger partial charge on any atom is -0.342 e. The Hall–Kier alpha value is -2.12. The maximum Gasteiger partial charge on any atom is 0.312 e. The summed E-state index contributed by atoms with van der Waals surface area (Å²) in [6.45, 7) is 6.05. The van der Waals surface area contributed by atoms with E-state index in [1.807, 2.05) is 11.8 Å². The fourth-order valence-electron chi connectivity index (χ4n) is 4.08. The number of likely N-dealkylation sites (tertiary alicyclic amines) is 2. The molecule has 0 spiro atoms. The van der Waals surface area contributed by atoms with E-state index < -0.39 is 11.8 Å². The summed E-state index contributed by atoms with van der Waals surface area (Å²) in [4.78, 5) is 55.2. The first kappa shape index (κ1) is 18.7. The van der Waals surface area contributed by atoms with Crippen molar-refractivity contribution in [2.24, 2.45) is 5.92 Å². The lowest BCUT2D eigenvalue weighted by atomic mass is 9.97. The SMILES string of the molecule is CCN1CCN(CC(=O)N2CCCC(CN3CCCC3=O)C2)C(=O)C1=O. The Morgan fingerprint density at radius 1 is 0.962 bits per heavy atom. The van der Waals surface area contributed by atoms with Gasteiger partial charge in [-0.05, 0) is 32.1 Å². The van der Waals surface area contributed by atoms with Crippen molar-refractivity contribution in [1.82, 2.24) is 19.6 Å². The molecule has 0 bridgehead atoms. The van der Waals surface area contributed by atoms with E-state index >= 15 is 0 Å². The number of hydrogen-bond acceptors (Lipinski definition) is 4. The molecule has 0 aromatic heterocycles. The Balaban J connectivity index is 1.52. The number of piperidine rings is 1. The lowest BCUT2D eigenvalue weighted by molar-refractivity contribution is -0.157. The highest BCUT2D eigenvalue weighted by atomic mass is 16.2. The molecule has 3 aliphatic heterocycles. The summed E-state index contributed by atoms with van der Waals surface area (Å²) in [7, 11) is 0. The van der Waals surface area contributed by atoms with Gasteiger partial charge in [0.1, 0.15) is 6.54 Å². The Morgan fingerprint density at radius 2 is 1.69 bits per heavy atom. The first-order valence-electron chi connectivity index (χ1n) is 9.63. The smallest absolute Gasteiger partial charge is 0.312 e. The molecule has 3 heterocycles. The zero-order valence-electron chi connectivity index (χ0n) is 15.5. The molecule has 3 rings (SSSR count). The van der Waals surface area contributed by atoms with Crippen LogP contribution >= 0.6 is 0 Å². The maximum absolute atomic E-state index is 12.6. The van der Waals surface area contributed by atoms with E-state index in [1.165, 1.54) is 9.80 Å². The molecule has 1 atom stereocenters. The Labute approximate surface area is 154 Å². The van der Waals surface area contributed by atoms with Crippen LogP contribution in [-0.4, -0.2) is 95.6 Å². The van der Waals surface area contributed by atoms with Gasteiger partial charge in [0, 0.05) is 52.2 Å². The van der Waals surface area contributed by atoms with Gasteiger partial charge >= 0.3 is 11.8 Å². The standard InChI is InChI=1S/C18H28N4O4/c1-2-19-9-10-22(18(26)17(19)25)13-16(24)21-7-3-5-14(12-21)11-20-8-4-6-15(20)23/h14H,2-13H2,1H3. The second kappa shape index (κ2) is 8.05. The van der Waals surface area contributed by atoms with Crippen LogP contribution in [0.3, 0.4) is 0 Å². The van der Waals surface area contributed by atoms with Crippen LogP contribution in [0.25, 0.3) is 0 Å².